The summed E-state index contributed by atoms with van der Waals surface area (Å²) in [6, 6.07) is 17.3. The monoisotopic (exact) mass is 472 g/mol. The number of carbonyl (C=O) groups excluding carboxylic acids is 2. The first-order chi connectivity index (χ1) is 16.8. The van der Waals surface area contributed by atoms with Crippen molar-refractivity contribution >= 4 is 11.8 Å². The van der Waals surface area contributed by atoms with Crippen LogP contribution in [0.1, 0.15) is 49.4 Å². The van der Waals surface area contributed by atoms with Crippen molar-refractivity contribution in [3.63, 3.8) is 0 Å². The third-order valence-corrected chi connectivity index (χ3v) is 6.28. The summed E-state index contributed by atoms with van der Waals surface area (Å²) in [6.45, 7) is 6.65. The molecular formula is C28H32N4O3. The van der Waals surface area contributed by atoms with E-state index in [0.29, 0.717) is 19.0 Å². The summed E-state index contributed by atoms with van der Waals surface area (Å²) >= 11 is 0. The quantitative estimate of drug-likeness (QED) is 0.550. The van der Waals surface area contributed by atoms with Crippen LogP contribution in [0.2, 0.25) is 0 Å². The van der Waals surface area contributed by atoms with Crippen molar-refractivity contribution < 1.29 is 14.3 Å². The topological polar surface area (TPSA) is 84.4 Å². The number of nitrogens with one attached hydrogen (secondary N) is 1. The highest BCUT2D eigenvalue weighted by atomic mass is 16.5. The van der Waals surface area contributed by atoms with Crippen LogP contribution in [0.3, 0.4) is 0 Å². The summed E-state index contributed by atoms with van der Waals surface area (Å²) < 4.78 is 6.13. The van der Waals surface area contributed by atoms with Crippen molar-refractivity contribution in [2.75, 3.05) is 13.1 Å². The Balaban J connectivity index is 1.45. The van der Waals surface area contributed by atoms with Crippen molar-refractivity contribution in [2.45, 2.75) is 51.5 Å². The summed E-state index contributed by atoms with van der Waals surface area (Å²) in [7, 11) is 0. The summed E-state index contributed by atoms with van der Waals surface area (Å²) in [5.74, 6) is 0.924. The van der Waals surface area contributed by atoms with E-state index < -0.39 is 5.54 Å². The van der Waals surface area contributed by atoms with E-state index in [0.717, 1.165) is 35.4 Å². The molecule has 0 unspecified atom stereocenters. The molecule has 2 heterocycles. The predicted molar refractivity (Wildman–Crippen MR) is 134 cm³/mol. The van der Waals surface area contributed by atoms with Gasteiger partial charge in [-0.15, -0.1) is 0 Å². The molecule has 2 amide bonds. The molecule has 1 aromatic heterocycles. The Kier molecular flexibility index (Phi) is 7.44. The lowest BCUT2D eigenvalue weighted by Crippen LogP contribution is -2.57. The lowest BCUT2D eigenvalue weighted by Gasteiger charge is -2.38. The average Bonchev–Trinajstić information content (AvgIpc) is 2.85. The van der Waals surface area contributed by atoms with Gasteiger partial charge in [0.15, 0.2) is 0 Å². The number of rotatable bonds is 7. The summed E-state index contributed by atoms with van der Waals surface area (Å²) in [4.78, 5) is 36.9. The first kappa shape index (κ1) is 24.4. The number of hydrogen-bond acceptors (Lipinski definition) is 5. The molecule has 7 heteroatoms. The molecule has 1 saturated heterocycles. The largest absolute Gasteiger partial charge is 0.437 e. The Morgan fingerprint density at radius 2 is 1.77 bits per heavy atom. The maximum absolute atomic E-state index is 13.4. The smallest absolute Gasteiger partial charge is 0.247 e. The molecule has 182 valence electrons. The van der Waals surface area contributed by atoms with Crippen molar-refractivity contribution in [2.24, 2.45) is 0 Å². The predicted octanol–water partition coefficient (Wildman–Crippen LogP) is 4.42. The van der Waals surface area contributed by atoms with E-state index in [2.05, 4.69) is 15.3 Å². The Bertz CT molecular complexity index is 1180. The lowest BCUT2D eigenvalue weighted by molar-refractivity contribution is -0.141. The summed E-state index contributed by atoms with van der Waals surface area (Å²) in [5, 5.41) is 2.92. The van der Waals surface area contributed by atoms with Crippen LogP contribution in [-0.2, 0) is 16.0 Å². The van der Waals surface area contributed by atoms with E-state index in [1.165, 1.54) is 0 Å². The van der Waals surface area contributed by atoms with Gasteiger partial charge in [0.25, 0.3) is 0 Å². The molecule has 2 aromatic carbocycles. The van der Waals surface area contributed by atoms with Gasteiger partial charge >= 0.3 is 0 Å². The van der Waals surface area contributed by atoms with Gasteiger partial charge in [-0.25, -0.2) is 4.98 Å². The molecule has 1 aliphatic heterocycles. The molecule has 0 saturated carbocycles. The third kappa shape index (κ3) is 6.04. The lowest BCUT2D eigenvalue weighted by atomic mass is 9.92. The molecule has 1 fully saturated rings. The van der Waals surface area contributed by atoms with Gasteiger partial charge in [0, 0.05) is 31.4 Å². The van der Waals surface area contributed by atoms with Crippen molar-refractivity contribution in [1.29, 1.82) is 0 Å². The number of hydrogen-bond donors (Lipinski definition) is 1. The number of amides is 2. The number of ether oxygens (including phenoxy) is 1. The highest BCUT2D eigenvalue weighted by Crippen LogP contribution is 2.34. The van der Waals surface area contributed by atoms with E-state index >= 15 is 0 Å². The van der Waals surface area contributed by atoms with Crippen LogP contribution in [0.5, 0.6) is 11.6 Å². The molecule has 0 spiro atoms. The molecule has 0 bridgehead atoms. The second-order valence-corrected chi connectivity index (χ2v) is 9.54. The Morgan fingerprint density at radius 1 is 1.06 bits per heavy atom. The molecule has 35 heavy (non-hydrogen) atoms. The molecule has 3 aromatic rings. The van der Waals surface area contributed by atoms with Gasteiger partial charge in [0.2, 0.25) is 17.7 Å². The second-order valence-electron chi connectivity index (χ2n) is 9.54. The molecule has 0 radical (unpaired) electrons. The van der Waals surface area contributed by atoms with E-state index in [9.17, 15) is 9.59 Å². The highest BCUT2D eigenvalue weighted by Gasteiger charge is 2.37. The van der Waals surface area contributed by atoms with Crippen molar-refractivity contribution in [3.8, 4) is 11.6 Å². The number of piperidine rings is 1. The van der Waals surface area contributed by atoms with E-state index in [1.54, 1.807) is 26.2 Å². The molecule has 4 rings (SSSR count). The number of nitrogens with zero attached hydrogens (tertiary/aromatic N) is 3. The fourth-order valence-electron chi connectivity index (χ4n) is 4.48. The number of carbonyl (C=O) groups is 2. The van der Waals surface area contributed by atoms with Crippen LogP contribution in [0.15, 0.2) is 67.0 Å². The standard InChI is InChI=1S/C28H32N4O3/c1-20-10-7-8-14-23(20)35-26-25(29-15-16-30-26)22-13-9-17-32(19-22)27(34)28(2,3)31-24(33)18-21-11-5-4-6-12-21/h4-8,10-12,14-16,22H,9,13,17-19H2,1-3H3,(H,31,33)/t22-/m1/s1. The van der Waals surface area contributed by atoms with E-state index in [-0.39, 0.29) is 24.2 Å². The Hall–Kier alpha value is -3.74. The molecule has 1 aliphatic rings. The zero-order valence-corrected chi connectivity index (χ0v) is 20.5. The van der Waals surface area contributed by atoms with Crippen LogP contribution < -0.4 is 10.1 Å². The van der Waals surface area contributed by atoms with Crippen molar-refractivity contribution in [1.82, 2.24) is 20.2 Å². The van der Waals surface area contributed by atoms with Gasteiger partial charge in [-0.2, -0.15) is 0 Å². The zero-order valence-electron chi connectivity index (χ0n) is 20.5. The normalized spacial score (nSPS) is 16.0. The van der Waals surface area contributed by atoms with Gasteiger partial charge in [-0.05, 0) is 50.8 Å². The maximum Gasteiger partial charge on any atom is 0.247 e. The summed E-state index contributed by atoms with van der Waals surface area (Å²) in [5.41, 5.74) is 1.66. The number of benzene rings is 2. The van der Waals surface area contributed by atoms with Crippen LogP contribution in [-0.4, -0.2) is 45.3 Å². The maximum atomic E-state index is 13.4. The van der Waals surface area contributed by atoms with Gasteiger partial charge in [0.05, 0.1) is 6.42 Å². The second kappa shape index (κ2) is 10.7. The van der Waals surface area contributed by atoms with E-state index in [4.69, 9.17) is 4.74 Å². The molecule has 1 N–H and O–H groups in total. The summed E-state index contributed by atoms with van der Waals surface area (Å²) in [6.07, 6.45) is 5.24. The fraction of sp³-hybridized carbons (Fsp3) is 0.357. The van der Waals surface area contributed by atoms with Gasteiger partial charge < -0.3 is 15.0 Å². The SMILES string of the molecule is Cc1ccccc1Oc1nccnc1[C@@H]1CCCN(C(=O)C(C)(C)NC(=O)Cc2ccccc2)C1. The molecule has 1 atom stereocenters. The third-order valence-electron chi connectivity index (χ3n) is 6.28. The van der Waals surface area contributed by atoms with Crippen LogP contribution in [0.25, 0.3) is 0 Å². The first-order valence-electron chi connectivity index (χ1n) is 12.0. The van der Waals surface area contributed by atoms with Gasteiger partial charge in [-0.1, -0.05) is 48.5 Å². The minimum absolute atomic E-state index is 0.00348. The van der Waals surface area contributed by atoms with Gasteiger partial charge in [0.1, 0.15) is 17.0 Å². The zero-order chi connectivity index (χ0) is 24.8. The average molecular weight is 473 g/mol. The minimum atomic E-state index is -1.02. The van der Waals surface area contributed by atoms with Crippen LogP contribution in [0, 0.1) is 6.92 Å². The van der Waals surface area contributed by atoms with Gasteiger partial charge in [-0.3, -0.25) is 14.6 Å². The molecule has 0 aliphatic carbocycles. The highest BCUT2D eigenvalue weighted by molar-refractivity contribution is 5.91. The van der Waals surface area contributed by atoms with Crippen LogP contribution in [0.4, 0.5) is 0 Å². The number of likely N-dealkylation sites (tertiary alicyclic amines) is 1. The van der Waals surface area contributed by atoms with Crippen molar-refractivity contribution in [3.05, 3.63) is 83.8 Å². The Labute approximate surface area is 206 Å². The minimum Gasteiger partial charge on any atom is -0.437 e. The number of para-hydroxylation sites is 1. The fourth-order valence-corrected chi connectivity index (χ4v) is 4.48. The number of aromatic nitrogens is 2. The Morgan fingerprint density at radius 3 is 2.54 bits per heavy atom. The number of aryl methyl sites for hydroxylation is 1. The molecule has 7 nitrogen and oxygen atoms in total. The molecular weight excluding hydrogens is 440 g/mol. The first-order valence-corrected chi connectivity index (χ1v) is 12.0. The van der Waals surface area contributed by atoms with E-state index in [1.807, 2.05) is 66.4 Å². The van der Waals surface area contributed by atoms with Crippen LogP contribution >= 0.6 is 0 Å².